The van der Waals surface area contributed by atoms with Gasteiger partial charge in [-0.25, -0.2) is 0 Å². The second-order valence-electron chi connectivity index (χ2n) is 3.92. The lowest BCUT2D eigenvalue weighted by Gasteiger charge is -2.07. The highest BCUT2D eigenvalue weighted by Gasteiger charge is 1.97. The fourth-order valence-electron chi connectivity index (χ4n) is 1.56. The van der Waals surface area contributed by atoms with Gasteiger partial charge in [0.15, 0.2) is 0 Å². The first-order valence-corrected chi connectivity index (χ1v) is 6.73. The van der Waals surface area contributed by atoms with E-state index in [1.54, 1.807) is 0 Å². The molecule has 0 amide bonds. The molecule has 2 nitrogen and oxygen atoms in total. The van der Waals surface area contributed by atoms with Crippen molar-refractivity contribution in [2.75, 3.05) is 5.32 Å². The minimum absolute atomic E-state index is 0.425. The van der Waals surface area contributed by atoms with E-state index in [0.29, 0.717) is 4.99 Å². The number of anilines is 1. The van der Waals surface area contributed by atoms with Crippen molar-refractivity contribution < 1.29 is 0 Å². The average molecular weight is 321 g/mol. The Morgan fingerprint density at radius 2 is 1.67 bits per heavy atom. The van der Waals surface area contributed by atoms with Crippen LogP contribution >= 0.6 is 28.1 Å². The van der Waals surface area contributed by atoms with E-state index >= 15 is 0 Å². The van der Waals surface area contributed by atoms with Gasteiger partial charge in [-0.05, 0) is 42.0 Å². The number of hydrogen-bond donors (Lipinski definition) is 2. The van der Waals surface area contributed by atoms with Gasteiger partial charge < -0.3 is 11.1 Å². The van der Waals surface area contributed by atoms with Crippen LogP contribution in [0.3, 0.4) is 0 Å². The summed E-state index contributed by atoms with van der Waals surface area (Å²) in [6, 6.07) is 16.0. The van der Waals surface area contributed by atoms with Gasteiger partial charge in [0.05, 0.1) is 0 Å². The fourth-order valence-corrected chi connectivity index (χ4v) is 1.96. The average Bonchev–Trinajstić information content (AvgIpc) is 2.38. The smallest absolute Gasteiger partial charge is 0.103 e. The van der Waals surface area contributed by atoms with E-state index in [0.717, 1.165) is 22.3 Å². The standard InChI is InChI=1S/C14H13BrN2S/c15-12-5-1-10(2-6-12)9-17-13-7-3-11(4-8-13)14(16)18/h1-8,17H,9H2,(H2,16,18). The second-order valence-corrected chi connectivity index (χ2v) is 5.28. The maximum Gasteiger partial charge on any atom is 0.103 e. The van der Waals surface area contributed by atoms with Gasteiger partial charge in [-0.2, -0.15) is 0 Å². The zero-order valence-corrected chi connectivity index (χ0v) is 12.1. The number of thiocarbonyl (C=S) groups is 1. The van der Waals surface area contributed by atoms with Gasteiger partial charge in [-0.1, -0.05) is 40.3 Å². The number of halogens is 1. The molecule has 3 N–H and O–H groups in total. The van der Waals surface area contributed by atoms with Crippen LogP contribution in [-0.4, -0.2) is 4.99 Å². The van der Waals surface area contributed by atoms with E-state index in [1.807, 2.05) is 36.4 Å². The highest BCUT2D eigenvalue weighted by atomic mass is 79.9. The van der Waals surface area contributed by atoms with Crippen LogP contribution in [0.4, 0.5) is 5.69 Å². The van der Waals surface area contributed by atoms with Crippen LogP contribution in [0.1, 0.15) is 11.1 Å². The molecule has 0 atom stereocenters. The quantitative estimate of drug-likeness (QED) is 0.844. The lowest BCUT2D eigenvalue weighted by molar-refractivity contribution is 1.15. The van der Waals surface area contributed by atoms with Crippen LogP contribution in [0.15, 0.2) is 53.0 Å². The molecule has 0 fully saturated rings. The summed E-state index contributed by atoms with van der Waals surface area (Å²) >= 11 is 8.33. The predicted molar refractivity (Wildman–Crippen MR) is 83.8 cm³/mol. The SMILES string of the molecule is NC(=S)c1ccc(NCc2ccc(Br)cc2)cc1. The molecule has 0 saturated heterocycles. The van der Waals surface area contributed by atoms with E-state index in [2.05, 4.69) is 33.4 Å². The molecule has 0 saturated carbocycles. The van der Waals surface area contributed by atoms with Crippen LogP contribution in [0.5, 0.6) is 0 Å². The Bertz CT molecular complexity index is 535. The van der Waals surface area contributed by atoms with Gasteiger partial charge in [-0.3, -0.25) is 0 Å². The molecule has 0 aromatic heterocycles. The third-order valence-electron chi connectivity index (χ3n) is 2.58. The molecule has 18 heavy (non-hydrogen) atoms. The Morgan fingerprint density at radius 3 is 2.22 bits per heavy atom. The number of benzene rings is 2. The Morgan fingerprint density at radius 1 is 1.06 bits per heavy atom. The zero-order valence-electron chi connectivity index (χ0n) is 9.69. The van der Waals surface area contributed by atoms with E-state index in [4.69, 9.17) is 18.0 Å². The van der Waals surface area contributed by atoms with Crippen molar-refractivity contribution in [3.63, 3.8) is 0 Å². The van der Waals surface area contributed by atoms with Crippen molar-refractivity contribution in [1.82, 2.24) is 0 Å². The summed E-state index contributed by atoms with van der Waals surface area (Å²) in [5.74, 6) is 0. The molecule has 0 bridgehead atoms. The van der Waals surface area contributed by atoms with Crippen LogP contribution < -0.4 is 11.1 Å². The first kappa shape index (κ1) is 13.1. The van der Waals surface area contributed by atoms with Gasteiger partial charge in [0.1, 0.15) is 4.99 Å². The molecule has 0 unspecified atom stereocenters. The number of nitrogens with two attached hydrogens (primary N) is 1. The van der Waals surface area contributed by atoms with E-state index in [-0.39, 0.29) is 0 Å². The minimum Gasteiger partial charge on any atom is -0.389 e. The molecule has 92 valence electrons. The normalized spacial score (nSPS) is 10.1. The van der Waals surface area contributed by atoms with Crippen LogP contribution in [0, 0.1) is 0 Å². The topological polar surface area (TPSA) is 38.0 Å². The van der Waals surface area contributed by atoms with Crippen molar-refractivity contribution in [3.05, 3.63) is 64.1 Å². The lowest BCUT2D eigenvalue weighted by atomic mass is 10.2. The second kappa shape index (κ2) is 5.98. The summed E-state index contributed by atoms with van der Waals surface area (Å²) in [5.41, 5.74) is 8.72. The van der Waals surface area contributed by atoms with Crippen molar-refractivity contribution in [2.24, 2.45) is 5.73 Å². The van der Waals surface area contributed by atoms with Gasteiger partial charge in [0.2, 0.25) is 0 Å². The van der Waals surface area contributed by atoms with E-state index in [1.165, 1.54) is 5.56 Å². The number of hydrogen-bond acceptors (Lipinski definition) is 2. The molecule has 2 aromatic rings. The van der Waals surface area contributed by atoms with Crippen LogP contribution in [-0.2, 0) is 6.54 Å². The maximum absolute atomic E-state index is 5.55. The van der Waals surface area contributed by atoms with Crippen molar-refractivity contribution >= 4 is 38.8 Å². The van der Waals surface area contributed by atoms with Gasteiger partial charge in [0, 0.05) is 22.3 Å². The molecule has 0 aliphatic carbocycles. The van der Waals surface area contributed by atoms with Crippen LogP contribution in [0.2, 0.25) is 0 Å². The van der Waals surface area contributed by atoms with Gasteiger partial charge in [0.25, 0.3) is 0 Å². The summed E-state index contributed by atoms with van der Waals surface area (Å²) < 4.78 is 1.09. The third-order valence-corrected chi connectivity index (χ3v) is 3.34. The summed E-state index contributed by atoms with van der Waals surface area (Å²) in [4.78, 5) is 0.425. The summed E-state index contributed by atoms with van der Waals surface area (Å²) in [6.45, 7) is 0.791. The Balaban J connectivity index is 1.97. The van der Waals surface area contributed by atoms with Crippen molar-refractivity contribution in [3.8, 4) is 0 Å². The highest BCUT2D eigenvalue weighted by molar-refractivity contribution is 9.10. The minimum atomic E-state index is 0.425. The summed E-state index contributed by atoms with van der Waals surface area (Å²) in [6.07, 6.45) is 0. The lowest BCUT2D eigenvalue weighted by Crippen LogP contribution is -2.09. The Hall–Kier alpha value is -1.39. The molecule has 0 spiro atoms. The Labute approximate surface area is 120 Å². The van der Waals surface area contributed by atoms with Gasteiger partial charge in [-0.15, -0.1) is 0 Å². The van der Waals surface area contributed by atoms with E-state index in [9.17, 15) is 0 Å². The molecule has 2 aromatic carbocycles. The molecule has 0 heterocycles. The highest BCUT2D eigenvalue weighted by Crippen LogP contribution is 2.13. The first-order chi connectivity index (χ1) is 8.65. The largest absolute Gasteiger partial charge is 0.389 e. The van der Waals surface area contributed by atoms with Crippen molar-refractivity contribution in [1.29, 1.82) is 0 Å². The van der Waals surface area contributed by atoms with Crippen molar-refractivity contribution in [2.45, 2.75) is 6.54 Å². The molecule has 0 radical (unpaired) electrons. The molecule has 4 heteroatoms. The van der Waals surface area contributed by atoms with Crippen LogP contribution in [0.25, 0.3) is 0 Å². The predicted octanol–water partition coefficient (Wildman–Crippen LogP) is 3.70. The Kier molecular flexibility index (Phi) is 4.33. The third kappa shape index (κ3) is 3.55. The zero-order chi connectivity index (χ0) is 13.0. The molecule has 2 rings (SSSR count). The molecular weight excluding hydrogens is 308 g/mol. The van der Waals surface area contributed by atoms with E-state index < -0.39 is 0 Å². The monoisotopic (exact) mass is 320 g/mol. The molecule has 0 aliphatic heterocycles. The summed E-state index contributed by atoms with van der Waals surface area (Å²) in [7, 11) is 0. The number of nitrogens with one attached hydrogen (secondary N) is 1. The maximum atomic E-state index is 5.55. The molecule has 0 aliphatic rings. The number of rotatable bonds is 4. The summed E-state index contributed by atoms with van der Waals surface area (Å²) in [5, 5.41) is 3.35. The first-order valence-electron chi connectivity index (χ1n) is 5.53. The molecular formula is C14H13BrN2S. The van der Waals surface area contributed by atoms with Gasteiger partial charge >= 0.3 is 0 Å². The fraction of sp³-hybridized carbons (Fsp3) is 0.0714.